The number of carbonyl (C=O) groups is 2. The van der Waals surface area contributed by atoms with E-state index < -0.39 is 11.2 Å². The van der Waals surface area contributed by atoms with Crippen LogP contribution in [0.15, 0.2) is 0 Å². The zero-order valence-electron chi connectivity index (χ0n) is 11.2. The Balaban J connectivity index is 1.92. The van der Waals surface area contributed by atoms with E-state index in [1.54, 1.807) is 4.90 Å². The Morgan fingerprint density at radius 1 is 1.39 bits per heavy atom. The van der Waals surface area contributed by atoms with Crippen LogP contribution in [-0.4, -0.2) is 54.5 Å². The molecule has 0 N–H and O–H groups in total. The Morgan fingerprint density at radius 2 is 2.06 bits per heavy atom. The van der Waals surface area contributed by atoms with Crippen molar-refractivity contribution >= 4 is 12.1 Å². The van der Waals surface area contributed by atoms with E-state index in [2.05, 4.69) is 0 Å². The molecule has 1 amide bonds. The summed E-state index contributed by atoms with van der Waals surface area (Å²) in [6, 6.07) is 0. The number of nitrogens with zero attached hydrogens (tertiary/aromatic N) is 1. The van der Waals surface area contributed by atoms with Crippen molar-refractivity contribution in [2.75, 3.05) is 20.2 Å². The first-order chi connectivity index (χ1) is 8.28. The van der Waals surface area contributed by atoms with Gasteiger partial charge >= 0.3 is 12.1 Å². The van der Waals surface area contributed by atoms with E-state index in [1.165, 1.54) is 7.11 Å². The molecule has 0 saturated carbocycles. The number of piperidine rings is 1. The van der Waals surface area contributed by atoms with E-state index in [0.717, 1.165) is 0 Å². The number of esters is 1. The molecule has 6 nitrogen and oxygen atoms in total. The Hall–Kier alpha value is -1.30. The van der Waals surface area contributed by atoms with Crippen molar-refractivity contribution in [1.82, 2.24) is 4.90 Å². The maximum absolute atomic E-state index is 11.9. The van der Waals surface area contributed by atoms with Crippen LogP contribution in [0.5, 0.6) is 0 Å². The fourth-order valence-electron chi connectivity index (χ4n) is 2.16. The molecule has 0 aromatic heterocycles. The number of amides is 1. The number of ether oxygens (including phenoxy) is 3. The second-order valence-electron chi connectivity index (χ2n) is 5.66. The highest BCUT2D eigenvalue weighted by Crippen LogP contribution is 2.44. The van der Waals surface area contributed by atoms with Crippen LogP contribution in [0.1, 0.15) is 27.2 Å². The number of hydrogen-bond donors (Lipinski definition) is 0. The van der Waals surface area contributed by atoms with Gasteiger partial charge in [0.1, 0.15) is 11.7 Å². The fraction of sp³-hybridized carbons (Fsp3) is 0.833. The number of epoxide rings is 1. The van der Waals surface area contributed by atoms with Crippen LogP contribution in [0.25, 0.3) is 0 Å². The lowest BCUT2D eigenvalue weighted by molar-refractivity contribution is -0.147. The van der Waals surface area contributed by atoms with Crippen LogP contribution in [0.2, 0.25) is 0 Å². The molecule has 6 heteroatoms. The molecule has 102 valence electrons. The summed E-state index contributed by atoms with van der Waals surface area (Å²) in [7, 11) is 1.34. The normalized spacial score (nSPS) is 30.4. The molecule has 2 aliphatic heterocycles. The molecule has 2 rings (SSSR count). The quantitative estimate of drug-likeness (QED) is 0.516. The summed E-state index contributed by atoms with van der Waals surface area (Å²) in [5.74, 6) is -0.351. The molecule has 0 spiro atoms. The van der Waals surface area contributed by atoms with Gasteiger partial charge in [-0.05, 0) is 20.8 Å². The number of hydrogen-bond acceptors (Lipinski definition) is 5. The van der Waals surface area contributed by atoms with E-state index >= 15 is 0 Å². The van der Waals surface area contributed by atoms with Crippen LogP contribution in [0.4, 0.5) is 4.79 Å². The molecule has 2 heterocycles. The Morgan fingerprint density at radius 3 is 2.56 bits per heavy atom. The van der Waals surface area contributed by atoms with Crippen molar-refractivity contribution in [1.29, 1.82) is 0 Å². The highest BCUT2D eigenvalue weighted by atomic mass is 16.7. The molecular weight excluding hydrogens is 238 g/mol. The van der Waals surface area contributed by atoms with Gasteiger partial charge in [-0.3, -0.25) is 0 Å². The van der Waals surface area contributed by atoms with Gasteiger partial charge in [-0.25, -0.2) is 9.59 Å². The third-order valence-corrected chi connectivity index (χ3v) is 3.14. The average Bonchev–Trinajstić information content (AvgIpc) is 2.99. The molecule has 2 saturated heterocycles. The van der Waals surface area contributed by atoms with Crippen molar-refractivity contribution in [3.63, 3.8) is 0 Å². The van der Waals surface area contributed by atoms with Crippen molar-refractivity contribution in [2.24, 2.45) is 0 Å². The van der Waals surface area contributed by atoms with Crippen molar-refractivity contribution in [3.05, 3.63) is 0 Å². The highest BCUT2D eigenvalue weighted by molar-refractivity contribution is 5.84. The monoisotopic (exact) mass is 257 g/mol. The van der Waals surface area contributed by atoms with E-state index in [0.29, 0.717) is 19.5 Å². The lowest BCUT2D eigenvalue weighted by atomic mass is 9.97. The standard InChI is InChI=1S/C12H19NO5/c1-11(2,3)18-10(15)13-6-5-12(9(14)16-4)8(7-13)17-12/h8H,5-7H2,1-4H3/t8-,12+/m0/s1. The van der Waals surface area contributed by atoms with Crippen molar-refractivity contribution in [3.8, 4) is 0 Å². The van der Waals surface area contributed by atoms with Crippen LogP contribution in [0, 0.1) is 0 Å². The van der Waals surface area contributed by atoms with Gasteiger partial charge in [0.25, 0.3) is 0 Å². The van der Waals surface area contributed by atoms with E-state index in [4.69, 9.17) is 14.2 Å². The summed E-state index contributed by atoms with van der Waals surface area (Å²) in [6.45, 7) is 6.29. The predicted molar refractivity (Wildman–Crippen MR) is 62.0 cm³/mol. The molecule has 0 aromatic carbocycles. The van der Waals surface area contributed by atoms with E-state index in [1.807, 2.05) is 20.8 Å². The Labute approximate surface area is 106 Å². The minimum Gasteiger partial charge on any atom is -0.467 e. The molecule has 2 fully saturated rings. The minimum atomic E-state index is -0.812. The molecule has 0 unspecified atom stereocenters. The van der Waals surface area contributed by atoms with Gasteiger partial charge in [-0.2, -0.15) is 0 Å². The van der Waals surface area contributed by atoms with Gasteiger partial charge in [0.05, 0.1) is 13.7 Å². The third-order valence-electron chi connectivity index (χ3n) is 3.14. The SMILES string of the molecule is COC(=O)[C@@]12CCN(C(=O)OC(C)(C)C)C[C@@H]1O2. The van der Waals surface area contributed by atoms with Crippen LogP contribution < -0.4 is 0 Å². The Kier molecular flexibility index (Phi) is 3.01. The summed E-state index contributed by atoms with van der Waals surface area (Å²) >= 11 is 0. The lowest BCUT2D eigenvalue weighted by Crippen LogP contribution is -2.47. The number of likely N-dealkylation sites (tertiary alicyclic amines) is 1. The second kappa shape index (κ2) is 4.12. The van der Waals surface area contributed by atoms with E-state index in [-0.39, 0.29) is 18.2 Å². The van der Waals surface area contributed by atoms with Crippen LogP contribution in [0.3, 0.4) is 0 Å². The van der Waals surface area contributed by atoms with Gasteiger partial charge in [0, 0.05) is 13.0 Å². The summed E-state index contributed by atoms with van der Waals surface area (Å²) in [5.41, 5.74) is -1.33. The lowest BCUT2D eigenvalue weighted by Gasteiger charge is -2.30. The molecular formula is C12H19NO5. The van der Waals surface area contributed by atoms with Crippen LogP contribution in [-0.2, 0) is 19.0 Å². The molecule has 0 bridgehead atoms. The first kappa shape index (κ1) is 13.1. The molecule has 0 aromatic rings. The summed E-state index contributed by atoms with van der Waals surface area (Å²) in [5, 5.41) is 0. The number of fused-ring (bicyclic) bond motifs is 1. The Bertz CT molecular complexity index is 375. The van der Waals surface area contributed by atoms with Crippen molar-refractivity contribution in [2.45, 2.75) is 44.5 Å². The highest BCUT2D eigenvalue weighted by Gasteiger charge is 2.66. The summed E-state index contributed by atoms with van der Waals surface area (Å²) in [4.78, 5) is 25.0. The topological polar surface area (TPSA) is 68.4 Å². The fourth-order valence-corrected chi connectivity index (χ4v) is 2.16. The number of methoxy groups -OCH3 is 1. The molecule has 18 heavy (non-hydrogen) atoms. The molecule has 0 radical (unpaired) electrons. The average molecular weight is 257 g/mol. The predicted octanol–water partition coefficient (Wildman–Crippen LogP) is 0.938. The second-order valence-corrected chi connectivity index (χ2v) is 5.66. The van der Waals surface area contributed by atoms with Crippen molar-refractivity contribution < 1.29 is 23.8 Å². The van der Waals surface area contributed by atoms with Gasteiger partial charge in [-0.1, -0.05) is 0 Å². The summed E-state index contributed by atoms with van der Waals surface area (Å²) < 4.78 is 15.4. The number of carbonyl (C=O) groups excluding carboxylic acids is 2. The largest absolute Gasteiger partial charge is 0.467 e. The van der Waals surface area contributed by atoms with Crippen LogP contribution >= 0.6 is 0 Å². The maximum atomic E-state index is 11.9. The van der Waals surface area contributed by atoms with E-state index in [9.17, 15) is 9.59 Å². The summed E-state index contributed by atoms with van der Waals surface area (Å²) in [6.07, 6.45) is -0.161. The molecule has 2 aliphatic rings. The number of rotatable bonds is 1. The maximum Gasteiger partial charge on any atom is 0.410 e. The minimum absolute atomic E-state index is 0.258. The molecule has 0 aliphatic carbocycles. The zero-order valence-corrected chi connectivity index (χ0v) is 11.2. The zero-order chi connectivity index (χ0) is 13.6. The van der Waals surface area contributed by atoms with Gasteiger partial charge < -0.3 is 19.1 Å². The van der Waals surface area contributed by atoms with Gasteiger partial charge in [-0.15, -0.1) is 0 Å². The third kappa shape index (κ3) is 2.29. The first-order valence-corrected chi connectivity index (χ1v) is 6.03. The van der Waals surface area contributed by atoms with Gasteiger partial charge in [0.2, 0.25) is 0 Å². The molecule has 2 atom stereocenters. The smallest absolute Gasteiger partial charge is 0.410 e. The van der Waals surface area contributed by atoms with Gasteiger partial charge in [0.15, 0.2) is 5.60 Å². The first-order valence-electron chi connectivity index (χ1n) is 6.03.